The highest BCUT2D eigenvalue weighted by molar-refractivity contribution is 7.92. The van der Waals surface area contributed by atoms with Crippen LogP contribution in [0.5, 0.6) is 5.75 Å². The van der Waals surface area contributed by atoms with E-state index >= 15 is 0 Å². The van der Waals surface area contributed by atoms with Gasteiger partial charge in [0, 0.05) is 42.7 Å². The topological polar surface area (TPSA) is 87.7 Å². The highest BCUT2D eigenvalue weighted by atomic mass is 32.2. The number of hydrogen-bond acceptors (Lipinski definition) is 5. The number of anilines is 1. The van der Waals surface area contributed by atoms with Crippen LogP contribution < -0.4 is 14.8 Å². The van der Waals surface area contributed by atoms with E-state index in [2.05, 4.69) is 16.1 Å². The molecule has 0 radical (unpaired) electrons. The standard InChI is InChI=1S/C26H33N3O4S/c1-4-29(5-2)25(30)20-9-7-19(8-10-20)23-18-26(13-15-27-16-14-26)33-24-12-11-21(17-22(23)24)28-34(31,32)6-3/h7-12,17-18,27-28H,4-6,13-16H2,1-3H3. The van der Waals surface area contributed by atoms with Gasteiger partial charge in [-0.25, -0.2) is 8.42 Å². The molecule has 8 heteroatoms. The smallest absolute Gasteiger partial charge is 0.253 e. The predicted molar refractivity (Wildman–Crippen MR) is 136 cm³/mol. The number of nitrogens with one attached hydrogen (secondary N) is 2. The quantitative estimate of drug-likeness (QED) is 0.624. The summed E-state index contributed by atoms with van der Waals surface area (Å²) >= 11 is 0. The van der Waals surface area contributed by atoms with Crippen molar-refractivity contribution in [2.75, 3.05) is 36.7 Å². The molecule has 1 saturated heterocycles. The maximum Gasteiger partial charge on any atom is 0.253 e. The zero-order valence-electron chi connectivity index (χ0n) is 20.1. The fraction of sp³-hybridized carbons (Fsp3) is 0.423. The Morgan fingerprint density at radius 1 is 1.06 bits per heavy atom. The van der Waals surface area contributed by atoms with Crippen molar-refractivity contribution < 1.29 is 17.9 Å². The molecule has 182 valence electrons. The first kappa shape index (κ1) is 24.3. The van der Waals surface area contributed by atoms with Gasteiger partial charge in [0.15, 0.2) is 0 Å². The SMILES string of the molecule is CCN(CC)C(=O)c1ccc(C2=CC3(CCNCC3)Oc3ccc(NS(=O)(=O)CC)cc32)cc1. The molecule has 1 spiro atoms. The molecule has 2 aliphatic heterocycles. The monoisotopic (exact) mass is 483 g/mol. The first-order chi connectivity index (χ1) is 16.3. The van der Waals surface area contributed by atoms with E-state index < -0.39 is 15.6 Å². The summed E-state index contributed by atoms with van der Waals surface area (Å²) in [5.74, 6) is 0.757. The number of hydrogen-bond donors (Lipinski definition) is 2. The fourth-order valence-corrected chi connectivity index (χ4v) is 5.19. The molecule has 4 rings (SSSR count). The number of carbonyl (C=O) groups excluding carboxylic acids is 1. The number of piperidine rings is 1. The lowest BCUT2D eigenvalue weighted by atomic mass is 9.83. The van der Waals surface area contributed by atoms with Crippen LogP contribution in [-0.2, 0) is 10.0 Å². The van der Waals surface area contributed by atoms with Crippen molar-refractivity contribution in [2.45, 2.75) is 39.2 Å². The van der Waals surface area contributed by atoms with Crippen molar-refractivity contribution in [3.05, 3.63) is 65.2 Å². The molecule has 1 amide bonds. The van der Waals surface area contributed by atoms with Gasteiger partial charge in [-0.1, -0.05) is 12.1 Å². The lowest BCUT2D eigenvalue weighted by Gasteiger charge is -2.40. The van der Waals surface area contributed by atoms with Gasteiger partial charge in [0.1, 0.15) is 11.4 Å². The van der Waals surface area contributed by atoms with Gasteiger partial charge in [-0.3, -0.25) is 9.52 Å². The van der Waals surface area contributed by atoms with E-state index in [9.17, 15) is 13.2 Å². The predicted octanol–water partition coefficient (Wildman–Crippen LogP) is 3.88. The highest BCUT2D eigenvalue weighted by Gasteiger charge is 2.37. The minimum Gasteiger partial charge on any atom is -0.482 e. The summed E-state index contributed by atoms with van der Waals surface area (Å²) in [5, 5.41) is 3.39. The molecule has 2 N–H and O–H groups in total. The normalized spacial score (nSPS) is 16.9. The van der Waals surface area contributed by atoms with Crippen molar-refractivity contribution in [1.82, 2.24) is 10.2 Å². The molecule has 34 heavy (non-hydrogen) atoms. The van der Waals surface area contributed by atoms with Crippen LogP contribution in [0.4, 0.5) is 5.69 Å². The molecular weight excluding hydrogens is 450 g/mol. The van der Waals surface area contributed by atoms with Crippen LogP contribution in [0.25, 0.3) is 5.57 Å². The minimum atomic E-state index is -3.40. The molecule has 1 fully saturated rings. The summed E-state index contributed by atoms with van der Waals surface area (Å²) in [6.45, 7) is 8.62. The van der Waals surface area contributed by atoms with Crippen molar-refractivity contribution in [3.8, 4) is 5.75 Å². The molecule has 0 aromatic heterocycles. The van der Waals surface area contributed by atoms with E-state index in [1.807, 2.05) is 50.2 Å². The molecule has 2 aromatic carbocycles. The van der Waals surface area contributed by atoms with E-state index in [1.54, 1.807) is 17.9 Å². The van der Waals surface area contributed by atoms with E-state index in [0.717, 1.165) is 48.4 Å². The molecule has 0 saturated carbocycles. The second-order valence-electron chi connectivity index (χ2n) is 8.75. The van der Waals surface area contributed by atoms with Crippen LogP contribution in [-0.4, -0.2) is 56.8 Å². The van der Waals surface area contributed by atoms with Gasteiger partial charge in [-0.05, 0) is 81.4 Å². The van der Waals surface area contributed by atoms with Crippen LogP contribution in [0, 0.1) is 0 Å². The third kappa shape index (κ3) is 4.98. The maximum atomic E-state index is 12.8. The molecule has 2 heterocycles. The number of amides is 1. The molecular formula is C26H33N3O4S. The van der Waals surface area contributed by atoms with Crippen molar-refractivity contribution in [3.63, 3.8) is 0 Å². The Hall–Kier alpha value is -2.84. The van der Waals surface area contributed by atoms with E-state index in [1.165, 1.54) is 0 Å². The highest BCUT2D eigenvalue weighted by Crippen LogP contribution is 2.43. The van der Waals surface area contributed by atoms with Gasteiger partial charge in [-0.15, -0.1) is 0 Å². The molecule has 0 unspecified atom stereocenters. The Labute approximate surface area is 202 Å². The Bertz CT molecular complexity index is 1180. The zero-order chi connectivity index (χ0) is 24.3. The van der Waals surface area contributed by atoms with Crippen LogP contribution in [0.15, 0.2) is 48.5 Å². The second-order valence-corrected chi connectivity index (χ2v) is 10.8. The van der Waals surface area contributed by atoms with Gasteiger partial charge in [0.05, 0.1) is 5.75 Å². The van der Waals surface area contributed by atoms with Crippen LogP contribution >= 0.6 is 0 Å². The molecule has 0 atom stereocenters. The van der Waals surface area contributed by atoms with Gasteiger partial charge >= 0.3 is 0 Å². The minimum absolute atomic E-state index is 0.00141. The van der Waals surface area contributed by atoms with E-state index in [0.29, 0.717) is 24.3 Å². The van der Waals surface area contributed by atoms with E-state index in [-0.39, 0.29) is 11.7 Å². The summed E-state index contributed by atoms with van der Waals surface area (Å²) < 4.78 is 33.4. The number of nitrogens with zero attached hydrogens (tertiary/aromatic N) is 1. The van der Waals surface area contributed by atoms with Crippen molar-refractivity contribution >= 4 is 27.2 Å². The number of benzene rings is 2. The molecule has 0 aliphatic carbocycles. The Balaban J connectivity index is 1.75. The zero-order valence-corrected chi connectivity index (χ0v) is 20.9. The Kier molecular flexibility index (Phi) is 7.00. The summed E-state index contributed by atoms with van der Waals surface area (Å²) in [6, 6.07) is 13.1. The third-order valence-corrected chi connectivity index (χ3v) is 7.89. The van der Waals surface area contributed by atoms with Gasteiger partial charge < -0.3 is 15.0 Å². The van der Waals surface area contributed by atoms with Gasteiger partial charge in [0.2, 0.25) is 10.0 Å². The average molecular weight is 484 g/mol. The molecule has 2 aromatic rings. The first-order valence-corrected chi connectivity index (χ1v) is 13.6. The second kappa shape index (κ2) is 9.80. The summed E-state index contributed by atoms with van der Waals surface area (Å²) in [7, 11) is -3.40. The van der Waals surface area contributed by atoms with Crippen molar-refractivity contribution in [1.29, 1.82) is 0 Å². The van der Waals surface area contributed by atoms with Crippen LogP contribution in [0.1, 0.15) is 55.1 Å². The number of carbonyl (C=O) groups is 1. The fourth-order valence-electron chi connectivity index (χ4n) is 4.55. The van der Waals surface area contributed by atoms with E-state index in [4.69, 9.17) is 4.74 Å². The number of fused-ring (bicyclic) bond motifs is 1. The van der Waals surface area contributed by atoms with Gasteiger partial charge in [-0.2, -0.15) is 0 Å². The lowest BCUT2D eigenvalue weighted by molar-refractivity contribution is 0.0772. The lowest BCUT2D eigenvalue weighted by Crippen LogP contribution is -2.46. The summed E-state index contributed by atoms with van der Waals surface area (Å²) in [6.07, 6.45) is 3.87. The number of sulfonamides is 1. The third-order valence-electron chi connectivity index (χ3n) is 6.59. The average Bonchev–Trinajstić information content (AvgIpc) is 2.85. The van der Waals surface area contributed by atoms with Crippen LogP contribution in [0.3, 0.4) is 0 Å². The number of rotatable bonds is 7. The van der Waals surface area contributed by atoms with Gasteiger partial charge in [0.25, 0.3) is 5.91 Å². The number of ether oxygens (including phenoxy) is 1. The Morgan fingerprint density at radius 2 is 1.74 bits per heavy atom. The Morgan fingerprint density at radius 3 is 2.35 bits per heavy atom. The largest absolute Gasteiger partial charge is 0.482 e. The molecule has 0 bridgehead atoms. The van der Waals surface area contributed by atoms with Crippen LogP contribution in [0.2, 0.25) is 0 Å². The summed E-state index contributed by atoms with van der Waals surface area (Å²) in [4.78, 5) is 14.6. The molecule has 2 aliphatic rings. The first-order valence-electron chi connectivity index (χ1n) is 12.0. The van der Waals surface area contributed by atoms with Crippen molar-refractivity contribution in [2.24, 2.45) is 0 Å². The summed E-state index contributed by atoms with van der Waals surface area (Å²) in [5.41, 5.74) is 3.54. The molecule has 7 nitrogen and oxygen atoms in total. The maximum absolute atomic E-state index is 12.8.